The summed E-state index contributed by atoms with van der Waals surface area (Å²) in [4.78, 5) is 18.4. The molecule has 98 valence electrons. The number of hydrogen-bond donors (Lipinski definition) is 2. The van der Waals surface area contributed by atoms with E-state index in [1.807, 2.05) is 18.3 Å². The van der Waals surface area contributed by atoms with Crippen molar-refractivity contribution in [3.8, 4) is 0 Å². The quantitative estimate of drug-likeness (QED) is 0.881. The lowest BCUT2D eigenvalue weighted by Crippen LogP contribution is -2.27. The van der Waals surface area contributed by atoms with E-state index in [2.05, 4.69) is 21.4 Å². The third-order valence-corrected chi connectivity index (χ3v) is 3.61. The van der Waals surface area contributed by atoms with Gasteiger partial charge < -0.3 is 10.3 Å². The van der Waals surface area contributed by atoms with Crippen LogP contribution in [0.5, 0.6) is 0 Å². The Balaban J connectivity index is 1.75. The summed E-state index contributed by atoms with van der Waals surface area (Å²) in [5, 5.41) is 3.55. The average Bonchev–Trinajstić information content (AvgIpc) is 2.45. The third-order valence-electron chi connectivity index (χ3n) is 3.61. The van der Waals surface area contributed by atoms with Crippen molar-refractivity contribution in [1.82, 2.24) is 15.3 Å². The van der Waals surface area contributed by atoms with E-state index in [-0.39, 0.29) is 5.56 Å². The van der Waals surface area contributed by atoms with Gasteiger partial charge in [-0.1, -0.05) is 12.1 Å². The summed E-state index contributed by atoms with van der Waals surface area (Å²) in [5.41, 5.74) is 3.49. The lowest BCUT2D eigenvalue weighted by Gasteiger charge is -2.26. The minimum absolute atomic E-state index is 0.00772. The van der Waals surface area contributed by atoms with Crippen LogP contribution in [-0.4, -0.2) is 9.97 Å². The fraction of sp³-hybridized carbons (Fsp3) is 0.333. The number of aromatic amines is 1. The van der Waals surface area contributed by atoms with Gasteiger partial charge in [0.25, 0.3) is 0 Å². The zero-order valence-corrected chi connectivity index (χ0v) is 10.7. The van der Waals surface area contributed by atoms with Crippen LogP contribution < -0.4 is 10.9 Å². The first-order chi connectivity index (χ1) is 9.33. The number of rotatable bonds is 3. The summed E-state index contributed by atoms with van der Waals surface area (Å²) in [7, 11) is 0. The molecule has 1 aliphatic carbocycles. The smallest absolute Gasteiger partial charge is 0.248 e. The molecule has 1 aliphatic rings. The van der Waals surface area contributed by atoms with Crippen LogP contribution in [0.25, 0.3) is 0 Å². The Morgan fingerprint density at radius 3 is 3.16 bits per heavy atom. The molecule has 2 N–H and O–H groups in total. The standard InChI is InChI=1S/C15H17N3O/c19-15-7-6-12-13(4-1-5-14(12)18-15)17-10-11-3-2-8-16-9-11/h2-3,6-9,13,17H,1,4-5,10H2,(H,18,19). The van der Waals surface area contributed by atoms with Gasteiger partial charge in [-0.15, -0.1) is 0 Å². The fourth-order valence-electron chi connectivity index (χ4n) is 2.66. The zero-order valence-electron chi connectivity index (χ0n) is 10.7. The Morgan fingerprint density at radius 1 is 1.37 bits per heavy atom. The average molecular weight is 255 g/mol. The number of fused-ring (bicyclic) bond motifs is 1. The van der Waals surface area contributed by atoms with E-state index in [0.717, 1.165) is 31.5 Å². The van der Waals surface area contributed by atoms with Gasteiger partial charge in [0.2, 0.25) is 5.56 Å². The summed E-state index contributed by atoms with van der Waals surface area (Å²) >= 11 is 0. The van der Waals surface area contributed by atoms with E-state index < -0.39 is 0 Å². The van der Waals surface area contributed by atoms with Gasteiger partial charge in [-0.2, -0.15) is 0 Å². The summed E-state index contributed by atoms with van der Waals surface area (Å²) in [5.74, 6) is 0. The monoisotopic (exact) mass is 255 g/mol. The highest BCUT2D eigenvalue weighted by molar-refractivity contribution is 5.26. The summed E-state index contributed by atoms with van der Waals surface area (Å²) in [6.45, 7) is 0.803. The predicted molar refractivity (Wildman–Crippen MR) is 73.8 cm³/mol. The summed E-state index contributed by atoms with van der Waals surface area (Å²) in [6, 6.07) is 7.90. The normalized spacial score (nSPS) is 18.0. The van der Waals surface area contributed by atoms with Crippen molar-refractivity contribution in [3.05, 3.63) is 63.8 Å². The second kappa shape index (κ2) is 5.36. The molecule has 0 fully saturated rings. The summed E-state index contributed by atoms with van der Waals surface area (Å²) in [6.07, 6.45) is 6.85. The summed E-state index contributed by atoms with van der Waals surface area (Å²) < 4.78 is 0. The van der Waals surface area contributed by atoms with Gasteiger partial charge in [-0.3, -0.25) is 9.78 Å². The Bertz CT molecular complexity index is 606. The van der Waals surface area contributed by atoms with Gasteiger partial charge >= 0.3 is 0 Å². The number of nitrogens with zero attached hydrogens (tertiary/aromatic N) is 1. The highest BCUT2D eigenvalue weighted by Crippen LogP contribution is 2.27. The molecular weight excluding hydrogens is 238 g/mol. The van der Waals surface area contributed by atoms with Crippen LogP contribution in [0.2, 0.25) is 0 Å². The number of hydrogen-bond acceptors (Lipinski definition) is 3. The van der Waals surface area contributed by atoms with Crippen molar-refractivity contribution >= 4 is 0 Å². The molecule has 2 aromatic rings. The maximum Gasteiger partial charge on any atom is 0.248 e. The van der Waals surface area contributed by atoms with E-state index >= 15 is 0 Å². The number of pyridine rings is 2. The molecule has 2 heterocycles. The Morgan fingerprint density at radius 2 is 2.32 bits per heavy atom. The molecule has 2 aromatic heterocycles. The van der Waals surface area contributed by atoms with Gasteiger partial charge in [-0.05, 0) is 36.5 Å². The van der Waals surface area contributed by atoms with E-state index in [1.54, 1.807) is 12.3 Å². The number of nitrogens with one attached hydrogen (secondary N) is 2. The molecule has 0 saturated carbocycles. The number of aryl methyl sites for hydroxylation is 1. The molecule has 4 nitrogen and oxygen atoms in total. The molecule has 0 radical (unpaired) electrons. The predicted octanol–water partition coefficient (Wildman–Crippen LogP) is 1.94. The second-order valence-electron chi connectivity index (χ2n) is 4.94. The van der Waals surface area contributed by atoms with Crippen LogP contribution in [0, 0.1) is 0 Å². The zero-order chi connectivity index (χ0) is 13.1. The molecule has 19 heavy (non-hydrogen) atoms. The Labute approximate surface area is 111 Å². The Kier molecular flexibility index (Phi) is 3.42. The van der Waals surface area contributed by atoms with Gasteiger partial charge in [0.05, 0.1) is 0 Å². The van der Waals surface area contributed by atoms with Crippen LogP contribution in [0.3, 0.4) is 0 Å². The van der Waals surface area contributed by atoms with Crippen LogP contribution in [0.1, 0.15) is 35.7 Å². The van der Waals surface area contributed by atoms with Crippen LogP contribution in [-0.2, 0) is 13.0 Å². The number of aromatic nitrogens is 2. The van der Waals surface area contributed by atoms with Crippen molar-refractivity contribution in [3.63, 3.8) is 0 Å². The molecule has 0 amide bonds. The van der Waals surface area contributed by atoms with Crippen LogP contribution in [0.15, 0.2) is 41.5 Å². The van der Waals surface area contributed by atoms with Gasteiger partial charge in [0.15, 0.2) is 0 Å². The van der Waals surface area contributed by atoms with E-state index in [0.29, 0.717) is 6.04 Å². The third kappa shape index (κ3) is 2.74. The highest BCUT2D eigenvalue weighted by atomic mass is 16.1. The molecule has 4 heteroatoms. The number of H-pyrrole nitrogens is 1. The molecule has 0 bridgehead atoms. The molecule has 0 aliphatic heterocycles. The molecular formula is C15H17N3O. The first-order valence-corrected chi connectivity index (χ1v) is 6.67. The lowest BCUT2D eigenvalue weighted by atomic mass is 9.91. The molecule has 1 unspecified atom stereocenters. The van der Waals surface area contributed by atoms with Crippen molar-refractivity contribution in [2.24, 2.45) is 0 Å². The van der Waals surface area contributed by atoms with Crippen LogP contribution >= 0.6 is 0 Å². The molecule has 0 spiro atoms. The molecule has 0 aromatic carbocycles. The van der Waals surface area contributed by atoms with Crippen LogP contribution in [0.4, 0.5) is 0 Å². The first kappa shape index (κ1) is 12.1. The topological polar surface area (TPSA) is 57.8 Å². The molecule has 3 rings (SSSR count). The minimum atomic E-state index is -0.00772. The van der Waals surface area contributed by atoms with Gasteiger partial charge in [0, 0.05) is 36.7 Å². The van der Waals surface area contributed by atoms with Crippen molar-refractivity contribution in [2.45, 2.75) is 31.8 Å². The van der Waals surface area contributed by atoms with Gasteiger partial charge in [0.1, 0.15) is 0 Å². The highest BCUT2D eigenvalue weighted by Gasteiger charge is 2.20. The molecule has 1 atom stereocenters. The SMILES string of the molecule is O=c1ccc2c([nH]1)CCCC2NCc1cccnc1. The van der Waals surface area contributed by atoms with Crippen molar-refractivity contribution in [1.29, 1.82) is 0 Å². The van der Waals surface area contributed by atoms with Crippen molar-refractivity contribution in [2.75, 3.05) is 0 Å². The first-order valence-electron chi connectivity index (χ1n) is 6.67. The van der Waals surface area contributed by atoms with E-state index in [1.165, 1.54) is 11.1 Å². The fourth-order valence-corrected chi connectivity index (χ4v) is 2.66. The lowest BCUT2D eigenvalue weighted by molar-refractivity contribution is 0.453. The maximum absolute atomic E-state index is 11.3. The Hall–Kier alpha value is -1.94. The van der Waals surface area contributed by atoms with Gasteiger partial charge in [-0.25, -0.2) is 0 Å². The second-order valence-corrected chi connectivity index (χ2v) is 4.94. The largest absolute Gasteiger partial charge is 0.326 e. The maximum atomic E-state index is 11.3. The minimum Gasteiger partial charge on any atom is -0.326 e. The van der Waals surface area contributed by atoms with Crippen molar-refractivity contribution < 1.29 is 0 Å². The van der Waals surface area contributed by atoms with E-state index in [9.17, 15) is 4.79 Å². The molecule has 0 saturated heterocycles. The van der Waals surface area contributed by atoms with E-state index in [4.69, 9.17) is 0 Å².